The minimum absolute atomic E-state index is 0.394. The van der Waals surface area contributed by atoms with E-state index >= 15 is 0 Å². The molecular formula is C25H31N5OS. The SMILES string of the molecule is CC(C)c1c(-c2cn(C)c3ncccc23)[nH]c2sc(C3CCC(NC4COC4)CC3)nc12. The molecule has 1 saturated heterocycles. The van der Waals surface area contributed by atoms with Crippen molar-refractivity contribution in [2.45, 2.75) is 63.5 Å². The standard InChI is InChI=1S/C25H31N5OS/c1-14(2)20-21(19-11-30(3)23-18(19)5-4-10-26-23)28-25-22(20)29-24(32-25)15-6-8-16(9-7-15)27-17-12-31-13-17/h4-5,10-11,14-17,27-28H,6-9,12-13H2,1-3H3. The molecule has 7 heteroatoms. The normalized spacial score (nSPS) is 22.2. The van der Waals surface area contributed by atoms with Gasteiger partial charge in [-0.05, 0) is 43.7 Å². The van der Waals surface area contributed by atoms with Gasteiger partial charge in [0.2, 0.25) is 0 Å². The van der Waals surface area contributed by atoms with Crippen LogP contribution in [0.25, 0.3) is 32.6 Å². The van der Waals surface area contributed by atoms with Gasteiger partial charge in [-0.15, -0.1) is 11.3 Å². The van der Waals surface area contributed by atoms with Crippen LogP contribution >= 0.6 is 11.3 Å². The number of aromatic amines is 1. The smallest absolute Gasteiger partial charge is 0.140 e. The molecule has 4 aromatic heterocycles. The lowest BCUT2D eigenvalue weighted by atomic mass is 9.86. The molecule has 2 aliphatic rings. The predicted octanol–water partition coefficient (Wildman–Crippen LogP) is 5.32. The molecule has 1 saturated carbocycles. The van der Waals surface area contributed by atoms with Gasteiger partial charge < -0.3 is 19.6 Å². The summed E-state index contributed by atoms with van der Waals surface area (Å²) in [6, 6.07) is 5.40. The first kappa shape index (κ1) is 20.4. The fraction of sp³-hybridized carbons (Fsp3) is 0.520. The van der Waals surface area contributed by atoms with E-state index < -0.39 is 0 Å². The molecule has 0 aromatic carbocycles. The maximum Gasteiger partial charge on any atom is 0.140 e. The van der Waals surface area contributed by atoms with Crippen molar-refractivity contribution in [3.8, 4) is 11.3 Å². The Labute approximate surface area is 192 Å². The third-order valence-corrected chi connectivity index (χ3v) is 8.31. The third kappa shape index (κ3) is 3.38. The Balaban J connectivity index is 1.31. The Morgan fingerprint density at radius 1 is 1.19 bits per heavy atom. The molecule has 5 heterocycles. The Morgan fingerprint density at radius 2 is 2.00 bits per heavy atom. The summed E-state index contributed by atoms with van der Waals surface area (Å²) < 4.78 is 7.43. The second-order valence-electron chi connectivity index (χ2n) is 9.78. The van der Waals surface area contributed by atoms with Crippen LogP contribution in [0.3, 0.4) is 0 Å². The Hall–Kier alpha value is -2.22. The Morgan fingerprint density at radius 3 is 2.72 bits per heavy atom. The fourth-order valence-electron chi connectivity index (χ4n) is 5.44. The lowest BCUT2D eigenvalue weighted by molar-refractivity contribution is -0.0121. The molecule has 1 aliphatic heterocycles. The van der Waals surface area contributed by atoms with Crippen LogP contribution in [-0.2, 0) is 11.8 Å². The van der Waals surface area contributed by atoms with E-state index in [1.165, 1.54) is 63.2 Å². The maximum atomic E-state index is 5.31. The molecule has 4 aromatic rings. The van der Waals surface area contributed by atoms with Gasteiger partial charge in [0.05, 0.1) is 30.0 Å². The molecule has 6 rings (SSSR count). The zero-order valence-electron chi connectivity index (χ0n) is 19.0. The van der Waals surface area contributed by atoms with E-state index in [1.54, 1.807) is 0 Å². The van der Waals surface area contributed by atoms with Crippen LogP contribution in [0.2, 0.25) is 0 Å². The average Bonchev–Trinajstić information content (AvgIpc) is 3.42. The second kappa shape index (κ2) is 7.97. The highest BCUT2D eigenvalue weighted by molar-refractivity contribution is 7.18. The number of nitrogens with zero attached hydrogens (tertiary/aromatic N) is 3. The van der Waals surface area contributed by atoms with E-state index in [4.69, 9.17) is 9.72 Å². The first-order chi connectivity index (χ1) is 15.6. The maximum absolute atomic E-state index is 5.31. The summed E-state index contributed by atoms with van der Waals surface area (Å²) in [5.41, 5.74) is 5.94. The topological polar surface area (TPSA) is 67.8 Å². The monoisotopic (exact) mass is 449 g/mol. The van der Waals surface area contributed by atoms with E-state index in [2.05, 4.69) is 53.0 Å². The number of thiazole rings is 1. The second-order valence-corrected chi connectivity index (χ2v) is 10.8. The molecule has 0 bridgehead atoms. The first-order valence-electron chi connectivity index (χ1n) is 11.8. The minimum atomic E-state index is 0.394. The summed E-state index contributed by atoms with van der Waals surface area (Å²) in [4.78, 5) is 14.8. The zero-order chi connectivity index (χ0) is 21.8. The first-order valence-corrected chi connectivity index (χ1v) is 12.7. The van der Waals surface area contributed by atoms with Gasteiger partial charge in [0, 0.05) is 47.9 Å². The van der Waals surface area contributed by atoms with Crippen molar-refractivity contribution in [2.75, 3.05) is 13.2 Å². The van der Waals surface area contributed by atoms with Crippen LogP contribution in [-0.4, -0.2) is 44.8 Å². The summed E-state index contributed by atoms with van der Waals surface area (Å²) in [6.45, 7) is 6.31. The number of rotatable bonds is 5. The van der Waals surface area contributed by atoms with E-state index in [0.29, 0.717) is 23.9 Å². The number of aryl methyl sites for hydroxylation is 1. The molecule has 2 fully saturated rings. The van der Waals surface area contributed by atoms with Gasteiger partial charge in [0.25, 0.3) is 0 Å². The highest BCUT2D eigenvalue weighted by Crippen LogP contribution is 2.43. The van der Waals surface area contributed by atoms with Gasteiger partial charge in [-0.1, -0.05) is 13.8 Å². The molecule has 0 spiro atoms. The number of fused-ring (bicyclic) bond motifs is 2. The van der Waals surface area contributed by atoms with E-state index in [9.17, 15) is 0 Å². The number of pyridine rings is 1. The van der Waals surface area contributed by atoms with Crippen molar-refractivity contribution in [3.05, 3.63) is 35.1 Å². The van der Waals surface area contributed by atoms with Gasteiger partial charge in [-0.2, -0.15) is 0 Å². The van der Waals surface area contributed by atoms with Crippen molar-refractivity contribution >= 4 is 32.7 Å². The van der Waals surface area contributed by atoms with E-state index in [0.717, 1.165) is 18.9 Å². The lowest BCUT2D eigenvalue weighted by Gasteiger charge is -2.35. The van der Waals surface area contributed by atoms with Crippen LogP contribution in [0.5, 0.6) is 0 Å². The van der Waals surface area contributed by atoms with Gasteiger partial charge >= 0.3 is 0 Å². The molecule has 1 aliphatic carbocycles. The number of H-pyrrole nitrogens is 1. The van der Waals surface area contributed by atoms with Crippen LogP contribution < -0.4 is 5.32 Å². The summed E-state index contributed by atoms with van der Waals surface area (Å²) in [5.74, 6) is 0.979. The van der Waals surface area contributed by atoms with E-state index in [1.807, 2.05) is 23.6 Å². The molecule has 0 unspecified atom stereocenters. The number of hydrogen-bond acceptors (Lipinski definition) is 5. The van der Waals surface area contributed by atoms with Crippen molar-refractivity contribution in [3.63, 3.8) is 0 Å². The lowest BCUT2D eigenvalue weighted by Crippen LogP contribution is -2.51. The van der Waals surface area contributed by atoms with Crippen molar-refractivity contribution in [1.82, 2.24) is 24.8 Å². The summed E-state index contributed by atoms with van der Waals surface area (Å²) in [5, 5.41) is 6.26. The number of ether oxygens (including phenoxy) is 1. The molecular weight excluding hydrogens is 418 g/mol. The zero-order valence-corrected chi connectivity index (χ0v) is 19.8. The number of aromatic nitrogens is 4. The quantitative estimate of drug-likeness (QED) is 0.433. The number of hydrogen-bond donors (Lipinski definition) is 2. The fourth-order valence-corrected chi connectivity index (χ4v) is 6.59. The van der Waals surface area contributed by atoms with Gasteiger partial charge in [-0.25, -0.2) is 9.97 Å². The summed E-state index contributed by atoms with van der Waals surface area (Å²) in [7, 11) is 2.07. The van der Waals surface area contributed by atoms with Crippen LogP contribution in [0.4, 0.5) is 0 Å². The average molecular weight is 450 g/mol. The van der Waals surface area contributed by atoms with Crippen LogP contribution in [0.1, 0.15) is 61.9 Å². The van der Waals surface area contributed by atoms with Crippen LogP contribution in [0, 0.1) is 0 Å². The molecule has 2 N–H and O–H groups in total. The highest BCUT2D eigenvalue weighted by Gasteiger charge is 2.29. The molecule has 0 atom stereocenters. The molecule has 0 radical (unpaired) electrons. The Kier molecular flexibility index (Phi) is 5.08. The minimum Gasteiger partial charge on any atom is -0.378 e. The van der Waals surface area contributed by atoms with Crippen LogP contribution in [0.15, 0.2) is 24.5 Å². The van der Waals surface area contributed by atoms with Gasteiger partial charge in [0.1, 0.15) is 16.0 Å². The Bertz CT molecular complexity index is 1260. The number of nitrogens with one attached hydrogen (secondary N) is 2. The van der Waals surface area contributed by atoms with E-state index in [-0.39, 0.29) is 0 Å². The van der Waals surface area contributed by atoms with Crippen molar-refractivity contribution < 1.29 is 4.74 Å². The molecule has 0 amide bonds. The van der Waals surface area contributed by atoms with Crippen molar-refractivity contribution in [2.24, 2.45) is 7.05 Å². The summed E-state index contributed by atoms with van der Waals surface area (Å²) in [6.07, 6.45) is 8.97. The molecule has 168 valence electrons. The highest BCUT2D eigenvalue weighted by atomic mass is 32.1. The van der Waals surface area contributed by atoms with Crippen molar-refractivity contribution in [1.29, 1.82) is 0 Å². The van der Waals surface area contributed by atoms with Gasteiger partial charge in [-0.3, -0.25) is 0 Å². The molecule has 6 nitrogen and oxygen atoms in total. The predicted molar refractivity (Wildman–Crippen MR) is 131 cm³/mol. The third-order valence-electron chi connectivity index (χ3n) is 7.17. The van der Waals surface area contributed by atoms with Gasteiger partial charge in [0.15, 0.2) is 0 Å². The molecule has 32 heavy (non-hydrogen) atoms. The summed E-state index contributed by atoms with van der Waals surface area (Å²) >= 11 is 1.86. The largest absolute Gasteiger partial charge is 0.378 e.